The molecular weight excluding hydrogens is 381 g/mol. The van der Waals surface area contributed by atoms with Crippen molar-refractivity contribution < 1.29 is 9.18 Å². The van der Waals surface area contributed by atoms with Crippen LogP contribution in [0.1, 0.15) is 22.5 Å². The van der Waals surface area contributed by atoms with Crippen LogP contribution >= 0.6 is 0 Å². The minimum absolute atomic E-state index is 0.0702. The molecule has 7 heteroatoms. The molecule has 2 aromatic heterocycles. The quantitative estimate of drug-likeness (QED) is 0.483. The number of nitrogens with zero attached hydrogens (tertiary/aromatic N) is 3. The first-order valence-corrected chi connectivity index (χ1v) is 9.76. The zero-order chi connectivity index (χ0) is 20.9. The number of aryl methyl sites for hydroxylation is 1. The fourth-order valence-electron chi connectivity index (χ4n) is 3.35. The van der Waals surface area contributed by atoms with E-state index >= 15 is 0 Å². The second-order valence-electron chi connectivity index (χ2n) is 7.14. The van der Waals surface area contributed by atoms with E-state index in [-0.39, 0.29) is 11.7 Å². The molecule has 1 amide bonds. The van der Waals surface area contributed by atoms with Crippen LogP contribution in [0.5, 0.6) is 0 Å². The number of H-pyrrole nitrogens is 2. The highest BCUT2D eigenvalue weighted by molar-refractivity contribution is 5.99. The van der Waals surface area contributed by atoms with Gasteiger partial charge in [-0.15, -0.1) is 0 Å². The average Bonchev–Trinajstić information content (AvgIpc) is 3.44. The van der Waals surface area contributed by atoms with E-state index in [0.29, 0.717) is 12.1 Å². The highest BCUT2D eigenvalue weighted by atomic mass is 19.1. The summed E-state index contributed by atoms with van der Waals surface area (Å²) in [5.74, 6) is -0.338. The Balaban J connectivity index is 1.35. The molecule has 0 aliphatic carbocycles. The van der Waals surface area contributed by atoms with E-state index in [2.05, 4.69) is 20.4 Å². The number of carbonyl (C=O) groups excluding carboxylic acids is 1. The van der Waals surface area contributed by atoms with Crippen molar-refractivity contribution in [2.45, 2.75) is 12.8 Å². The summed E-state index contributed by atoms with van der Waals surface area (Å²) in [6.07, 6.45) is 3.11. The van der Waals surface area contributed by atoms with Crippen molar-refractivity contribution >= 4 is 5.91 Å². The summed E-state index contributed by atoms with van der Waals surface area (Å²) in [4.78, 5) is 14.6. The Morgan fingerprint density at radius 2 is 1.80 bits per heavy atom. The molecule has 2 aromatic carbocycles. The van der Waals surface area contributed by atoms with E-state index in [9.17, 15) is 9.18 Å². The molecule has 0 bridgehead atoms. The lowest BCUT2D eigenvalue weighted by atomic mass is 10.1. The SMILES string of the molecule is CN(CCCc1cc(-c2ccc(F)cc2)n[nH]1)C(=O)c1cn[nH]c1-c1ccccc1. The molecule has 0 saturated heterocycles. The maximum atomic E-state index is 13.1. The van der Waals surface area contributed by atoms with Crippen molar-refractivity contribution in [1.82, 2.24) is 25.3 Å². The summed E-state index contributed by atoms with van der Waals surface area (Å²) in [5, 5.41) is 14.3. The van der Waals surface area contributed by atoms with Gasteiger partial charge in [-0.3, -0.25) is 15.0 Å². The van der Waals surface area contributed by atoms with E-state index in [4.69, 9.17) is 0 Å². The predicted molar refractivity (Wildman–Crippen MR) is 113 cm³/mol. The van der Waals surface area contributed by atoms with Crippen molar-refractivity contribution in [1.29, 1.82) is 0 Å². The van der Waals surface area contributed by atoms with Crippen LogP contribution in [0.4, 0.5) is 4.39 Å². The normalized spacial score (nSPS) is 10.9. The van der Waals surface area contributed by atoms with Crippen LogP contribution in [0.2, 0.25) is 0 Å². The van der Waals surface area contributed by atoms with Gasteiger partial charge in [0.2, 0.25) is 0 Å². The van der Waals surface area contributed by atoms with Gasteiger partial charge in [-0.2, -0.15) is 10.2 Å². The number of benzene rings is 2. The van der Waals surface area contributed by atoms with E-state index in [0.717, 1.165) is 41.1 Å². The van der Waals surface area contributed by atoms with Gasteiger partial charge in [-0.05, 0) is 43.2 Å². The first kappa shape index (κ1) is 19.6. The molecule has 0 atom stereocenters. The summed E-state index contributed by atoms with van der Waals surface area (Å²) in [6, 6.07) is 17.9. The second-order valence-corrected chi connectivity index (χ2v) is 7.14. The molecule has 6 nitrogen and oxygen atoms in total. The van der Waals surface area contributed by atoms with Crippen LogP contribution in [-0.4, -0.2) is 44.8 Å². The van der Waals surface area contributed by atoms with Gasteiger partial charge in [0.15, 0.2) is 0 Å². The number of carbonyl (C=O) groups is 1. The third-order valence-electron chi connectivity index (χ3n) is 4.99. The van der Waals surface area contributed by atoms with Gasteiger partial charge in [0, 0.05) is 30.4 Å². The van der Waals surface area contributed by atoms with Gasteiger partial charge in [0.1, 0.15) is 5.82 Å². The summed E-state index contributed by atoms with van der Waals surface area (Å²) in [5.41, 5.74) is 4.83. The molecule has 4 rings (SSSR count). The molecule has 30 heavy (non-hydrogen) atoms. The average molecular weight is 403 g/mol. The van der Waals surface area contributed by atoms with Gasteiger partial charge in [0.25, 0.3) is 5.91 Å². The van der Waals surface area contributed by atoms with E-state index in [1.807, 2.05) is 36.4 Å². The van der Waals surface area contributed by atoms with Crippen molar-refractivity contribution in [3.05, 3.63) is 83.9 Å². The second kappa shape index (κ2) is 8.73. The summed E-state index contributed by atoms with van der Waals surface area (Å²) < 4.78 is 13.1. The van der Waals surface area contributed by atoms with Crippen LogP contribution in [0.3, 0.4) is 0 Å². The van der Waals surface area contributed by atoms with Crippen LogP contribution in [0.15, 0.2) is 66.9 Å². The lowest BCUT2D eigenvalue weighted by molar-refractivity contribution is 0.0794. The maximum absolute atomic E-state index is 13.1. The Labute approximate surface area is 173 Å². The molecule has 0 aliphatic rings. The summed E-state index contributed by atoms with van der Waals surface area (Å²) in [7, 11) is 1.79. The fraction of sp³-hybridized carbons (Fsp3) is 0.174. The molecule has 0 radical (unpaired) electrons. The number of nitrogens with one attached hydrogen (secondary N) is 2. The zero-order valence-corrected chi connectivity index (χ0v) is 16.6. The molecule has 0 saturated carbocycles. The van der Waals surface area contributed by atoms with E-state index < -0.39 is 0 Å². The zero-order valence-electron chi connectivity index (χ0n) is 16.6. The Bertz CT molecular complexity index is 1120. The minimum atomic E-state index is -0.268. The molecule has 0 unspecified atom stereocenters. The Morgan fingerprint density at radius 1 is 1.03 bits per heavy atom. The highest BCUT2D eigenvalue weighted by Crippen LogP contribution is 2.22. The van der Waals surface area contributed by atoms with Crippen molar-refractivity contribution in [3.63, 3.8) is 0 Å². The molecule has 0 fully saturated rings. The Hall–Kier alpha value is -3.74. The third kappa shape index (κ3) is 4.30. The molecule has 4 aromatic rings. The van der Waals surface area contributed by atoms with Crippen LogP contribution in [0, 0.1) is 5.82 Å². The van der Waals surface area contributed by atoms with Crippen molar-refractivity contribution in [3.8, 4) is 22.5 Å². The summed E-state index contributed by atoms with van der Waals surface area (Å²) >= 11 is 0. The topological polar surface area (TPSA) is 77.7 Å². The molecule has 0 spiro atoms. The minimum Gasteiger partial charge on any atom is -0.342 e. The third-order valence-corrected chi connectivity index (χ3v) is 4.99. The standard InChI is InChI=1S/C23H22FN5O/c1-29(23(30)20-15-25-28-22(20)17-6-3-2-4-7-17)13-5-8-19-14-21(27-26-19)16-9-11-18(24)12-10-16/h2-4,6-7,9-12,14-15H,5,8,13H2,1H3,(H,25,28)(H,26,27). The van der Waals surface area contributed by atoms with Crippen LogP contribution in [0.25, 0.3) is 22.5 Å². The van der Waals surface area contributed by atoms with Crippen molar-refractivity contribution in [2.24, 2.45) is 0 Å². The number of amides is 1. The van der Waals surface area contributed by atoms with Crippen LogP contribution < -0.4 is 0 Å². The number of hydrogen-bond acceptors (Lipinski definition) is 3. The monoisotopic (exact) mass is 403 g/mol. The molecule has 2 heterocycles. The number of halogens is 1. The first-order valence-electron chi connectivity index (χ1n) is 9.76. The predicted octanol–water partition coefficient (Wildman–Crippen LogP) is 4.31. The van der Waals surface area contributed by atoms with E-state index in [1.54, 1.807) is 30.3 Å². The number of hydrogen-bond donors (Lipinski definition) is 2. The van der Waals surface area contributed by atoms with Gasteiger partial charge in [-0.1, -0.05) is 30.3 Å². The van der Waals surface area contributed by atoms with E-state index in [1.165, 1.54) is 12.1 Å². The maximum Gasteiger partial charge on any atom is 0.257 e. The molecule has 0 aliphatic heterocycles. The van der Waals surface area contributed by atoms with Crippen LogP contribution in [-0.2, 0) is 6.42 Å². The largest absolute Gasteiger partial charge is 0.342 e. The van der Waals surface area contributed by atoms with Gasteiger partial charge in [0.05, 0.1) is 23.1 Å². The molecule has 2 N–H and O–H groups in total. The fourth-order valence-corrected chi connectivity index (χ4v) is 3.35. The summed E-state index contributed by atoms with van der Waals surface area (Å²) in [6.45, 7) is 0.600. The number of aromatic amines is 2. The molecule has 152 valence electrons. The Morgan fingerprint density at radius 3 is 2.57 bits per heavy atom. The number of rotatable bonds is 7. The smallest absolute Gasteiger partial charge is 0.257 e. The lowest BCUT2D eigenvalue weighted by Crippen LogP contribution is -2.28. The Kier molecular flexibility index (Phi) is 5.70. The van der Waals surface area contributed by atoms with Crippen molar-refractivity contribution in [2.75, 3.05) is 13.6 Å². The highest BCUT2D eigenvalue weighted by Gasteiger charge is 2.18. The van der Waals surface area contributed by atoms with Gasteiger partial charge >= 0.3 is 0 Å². The lowest BCUT2D eigenvalue weighted by Gasteiger charge is -2.17. The first-order chi connectivity index (χ1) is 14.6. The molecular formula is C23H22FN5O. The number of aromatic nitrogens is 4. The van der Waals surface area contributed by atoms with Gasteiger partial charge < -0.3 is 4.90 Å². The van der Waals surface area contributed by atoms with Gasteiger partial charge in [-0.25, -0.2) is 4.39 Å².